The highest BCUT2D eigenvalue weighted by Crippen LogP contribution is 2.29. The summed E-state index contributed by atoms with van der Waals surface area (Å²) in [5, 5.41) is 16.1. The third-order valence-electron chi connectivity index (χ3n) is 3.19. The first-order valence-corrected chi connectivity index (χ1v) is 7.44. The average Bonchev–Trinajstić information content (AvgIpc) is 2.61. The van der Waals surface area contributed by atoms with Crippen LogP contribution in [-0.4, -0.2) is 30.2 Å². The zero-order valence-corrected chi connectivity index (χ0v) is 14.3. The van der Waals surface area contributed by atoms with Gasteiger partial charge in [-0.25, -0.2) is 0 Å². The Morgan fingerprint density at radius 3 is 2.48 bits per heavy atom. The number of carbonyl (C=O) groups excluding carboxylic acids is 1. The van der Waals surface area contributed by atoms with E-state index in [1.165, 1.54) is 38.5 Å². The Balaban J connectivity index is 2.06. The number of rotatable bonds is 5. The minimum absolute atomic E-state index is 0.0451. The van der Waals surface area contributed by atoms with Gasteiger partial charge in [0.05, 0.1) is 19.1 Å². The van der Waals surface area contributed by atoms with Gasteiger partial charge in [0.15, 0.2) is 16.6 Å². The molecule has 2 rings (SSSR count). The summed E-state index contributed by atoms with van der Waals surface area (Å²) in [6.07, 6.45) is 0. The fourth-order valence-corrected chi connectivity index (χ4v) is 2.22. The topological polar surface area (TPSA) is 103 Å². The molecule has 0 aliphatic rings. The lowest BCUT2D eigenvalue weighted by atomic mass is 10.2. The molecule has 2 aromatic carbocycles. The normalized spacial score (nSPS) is 9.84. The molecule has 9 heteroatoms. The monoisotopic (exact) mass is 361 g/mol. The summed E-state index contributed by atoms with van der Waals surface area (Å²) in [5.74, 6) is 0.501. The van der Waals surface area contributed by atoms with Crippen molar-refractivity contribution in [1.82, 2.24) is 5.32 Å². The van der Waals surface area contributed by atoms with Crippen molar-refractivity contribution in [1.29, 1.82) is 0 Å². The number of carbonyl (C=O) groups is 1. The largest absolute Gasteiger partial charge is 0.493 e. The van der Waals surface area contributed by atoms with Crippen LogP contribution in [0.3, 0.4) is 0 Å². The van der Waals surface area contributed by atoms with Gasteiger partial charge >= 0.3 is 0 Å². The second-order valence-electron chi connectivity index (χ2n) is 4.79. The number of methoxy groups -OCH3 is 2. The van der Waals surface area contributed by atoms with Gasteiger partial charge in [0.2, 0.25) is 0 Å². The quantitative estimate of drug-likeness (QED) is 0.479. The maximum absolute atomic E-state index is 12.1. The number of hydrogen-bond donors (Lipinski definition) is 2. The minimum atomic E-state index is -0.572. The third-order valence-corrected chi connectivity index (χ3v) is 3.39. The van der Waals surface area contributed by atoms with Crippen LogP contribution in [0.1, 0.15) is 10.4 Å². The lowest BCUT2D eigenvalue weighted by molar-refractivity contribution is -0.384. The smallest absolute Gasteiger partial charge is 0.270 e. The van der Waals surface area contributed by atoms with Crippen molar-refractivity contribution < 1.29 is 19.2 Å². The van der Waals surface area contributed by atoms with Crippen LogP contribution >= 0.6 is 12.2 Å². The van der Waals surface area contributed by atoms with Gasteiger partial charge in [-0.3, -0.25) is 20.2 Å². The summed E-state index contributed by atoms with van der Waals surface area (Å²) in [6, 6.07) is 10.4. The van der Waals surface area contributed by atoms with Crippen molar-refractivity contribution in [3.05, 3.63) is 58.1 Å². The molecule has 0 heterocycles. The lowest BCUT2D eigenvalue weighted by Gasteiger charge is -2.12. The van der Waals surface area contributed by atoms with E-state index < -0.39 is 10.8 Å². The third kappa shape index (κ3) is 4.64. The molecule has 130 valence electrons. The molecule has 0 radical (unpaired) electrons. The second-order valence-corrected chi connectivity index (χ2v) is 5.19. The first-order valence-electron chi connectivity index (χ1n) is 7.03. The van der Waals surface area contributed by atoms with Crippen LogP contribution in [-0.2, 0) is 0 Å². The highest BCUT2D eigenvalue weighted by Gasteiger charge is 2.13. The Hall–Kier alpha value is -3.20. The fourth-order valence-electron chi connectivity index (χ4n) is 2.01. The number of nitrogens with zero attached hydrogens (tertiary/aromatic N) is 1. The first kappa shape index (κ1) is 18.1. The maximum Gasteiger partial charge on any atom is 0.270 e. The van der Waals surface area contributed by atoms with Crippen LogP contribution in [0.2, 0.25) is 0 Å². The lowest BCUT2D eigenvalue weighted by Crippen LogP contribution is -2.34. The molecule has 0 atom stereocenters. The van der Waals surface area contributed by atoms with Crippen molar-refractivity contribution in [2.24, 2.45) is 0 Å². The van der Waals surface area contributed by atoms with E-state index in [2.05, 4.69) is 10.6 Å². The summed E-state index contributed by atoms with van der Waals surface area (Å²) in [5.41, 5.74) is 0.541. The van der Waals surface area contributed by atoms with Gasteiger partial charge in [0, 0.05) is 29.4 Å². The number of benzene rings is 2. The zero-order valence-electron chi connectivity index (χ0n) is 13.4. The number of anilines is 1. The number of nitro benzene ring substituents is 1. The molecule has 0 fully saturated rings. The van der Waals surface area contributed by atoms with Gasteiger partial charge in [0.25, 0.3) is 11.6 Å². The molecular formula is C16H15N3O5S. The molecule has 0 aliphatic carbocycles. The number of nitrogens with one attached hydrogen (secondary N) is 2. The molecule has 0 unspecified atom stereocenters. The number of nitro groups is 1. The Kier molecular flexibility index (Phi) is 5.85. The van der Waals surface area contributed by atoms with E-state index in [0.717, 1.165) is 0 Å². The Morgan fingerprint density at radius 2 is 1.84 bits per heavy atom. The molecule has 0 aliphatic heterocycles. The summed E-state index contributed by atoms with van der Waals surface area (Å²) in [7, 11) is 3.03. The second kappa shape index (κ2) is 8.06. The van der Waals surface area contributed by atoms with Crippen LogP contribution in [0.5, 0.6) is 11.5 Å². The molecule has 2 aromatic rings. The van der Waals surface area contributed by atoms with E-state index in [4.69, 9.17) is 21.7 Å². The molecule has 0 bridgehead atoms. The number of thiocarbonyl (C=S) groups is 1. The molecular weight excluding hydrogens is 346 g/mol. The fraction of sp³-hybridized carbons (Fsp3) is 0.125. The predicted octanol–water partition coefficient (Wildman–Crippen LogP) is 2.74. The van der Waals surface area contributed by atoms with E-state index in [1.807, 2.05) is 0 Å². The van der Waals surface area contributed by atoms with Gasteiger partial charge < -0.3 is 14.8 Å². The van der Waals surface area contributed by atoms with E-state index >= 15 is 0 Å². The number of hydrogen-bond acceptors (Lipinski definition) is 6. The van der Waals surface area contributed by atoms with Crippen LogP contribution < -0.4 is 20.1 Å². The van der Waals surface area contributed by atoms with E-state index in [-0.39, 0.29) is 16.4 Å². The highest BCUT2D eigenvalue weighted by molar-refractivity contribution is 7.80. The van der Waals surface area contributed by atoms with Crippen LogP contribution in [0, 0.1) is 10.1 Å². The van der Waals surface area contributed by atoms with E-state index in [9.17, 15) is 14.9 Å². The van der Waals surface area contributed by atoms with E-state index in [0.29, 0.717) is 17.2 Å². The van der Waals surface area contributed by atoms with Crippen LogP contribution in [0.25, 0.3) is 0 Å². The van der Waals surface area contributed by atoms with Crippen LogP contribution in [0.4, 0.5) is 11.4 Å². The Bertz CT molecular complexity index is 825. The maximum atomic E-state index is 12.1. The predicted molar refractivity (Wildman–Crippen MR) is 96.3 cm³/mol. The minimum Gasteiger partial charge on any atom is -0.493 e. The average molecular weight is 361 g/mol. The van der Waals surface area contributed by atoms with Gasteiger partial charge in [-0.05, 0) is 30.4 Å². The number of non-ortho nitro benzene ring substituents is 1. The van der Waals surface area contributed by atoms with Crippen molar-refractivity contribution >= 4 is 34.6 Å². The first-order chi connectivity index (χ1) is 11.9. The summed E-state index contributed by atoms with van der Waals surface area (Å²) < 4.78 is 10.3. The molecule has 1 amide bonds. The van der Waals surface area contributed by atoms with Gasteiger partial charge in [-0.2, -0.15) is 0 Å². The van der Waals surface area contributed by atoms with E-state index in [1.54, 1.807) is 18.2 Å². The molecule has 2 N–H and O–H groups in total. The summed E-state index contributed by atoms with van der Waals surface area (Å²) in [6.45, 7) is 0. The number of amides is 1. The Labute approximate surface area is 148 Å². The van der Waals surface area contributed by atoms with Crippen molar-refractivity contribution in [3.63, 3.8) is 0 Å². The van der Waals surface area contributed by atoms with Crippen molar-refractivity contribution in [2.45, 2.75) is 0 Å². The molecule has 0 saturated heterocycles. The molecule has 0 spiro atoms. The van der Waals surface area contributed by atoms with Crippen molar-refractivity contribution in [3.8, 4) is 11.5 Å². The summed E-state index contributed by atoms with van der Waals surface area (Å²) in [4.78, 5) is 22.3. The molecule has 0 aromatic heterocycles. The SMILES string of the molecule is COc1ccc(NC(=S)NC(=O)c2cccc([N+](=O)[O-])c2)cc1OC. The molecule has 8 nitrogen and oxygen atoms in total. The summed E-state index contributed by atoms with van der Waals surface area (Å²) >= 11 is 5.09. The van der Waals surface area contributed by atoms with Gasteiger partial charge in [0.1, 0.15) is 0 Å². The van der Waals surface area contributed by atoms with Gasteiger partial charge in [-0.15, -0.1) is 0 Å². The van der Waals surface area contributed by atoms with Crippen molar-refractivity contribution in [2.75, 3.05) is 19.5 Å². The molecule has 0 saturated carbocycles. The Morgan fingerprint density at radius 1 is 1.12 bits per heavy atom. The number of ether oxygens (including phenoxy) is 2. The standard InChI is InChI=1S/C16H15N3O5S/c1-23-13-7-6-11(9-14(13)24-2)17-16(25)18-15(20)10-4-3-5-12(8-10)19(21)22/h3-9H,1-2H3,(H2,17,18,20,25). The molecule has 25 heavy (non-hydrogen) atoms. The zero-order chi connectivity index (χ0) is 18.4. The van der Waals surface area contributed by atoms with Gasteiger partial charge in [-0.1, -0.05) is 6.07 Å². The highest BCUT2D eigenvalue weighted by atomic mass is 32.1. The van der Waals surface area contributed by atoms with Crippen LogP contribution in [0.15, 0.2) is 42.5 Å².